The van der Waals surface area contributed by atoms with Crippen LogP contribution in [0.2, 0.25) is 0 Å². The van der Waals surface area contributed by atoms with Crippen molar-refractivity contribution in [2.45, 2.75) is 77.4 Å². The van der Waals surface area contributed by atoms with Crippen LogP contribution in [0.5, 0.6) is 11.5 Å². The molecule has 0 bridgehead atoms. The van der Waals surface area contributed by atoms with Gasteiger partial charge < -0.3 is 14.5 Å². The molecule has 1 atom stereocenters. The number of ether oxygens (including phenoxy) is 2. The van der Waals surface area contributed by atoms with Crippen LogP contribution in [0.15, 0.2) is 47.3 Å². The topological polar surface area (TPSA) is 98.2 Å². The average molecular weight is 545 g/mol. The van der Waals surface area contributed by atoms with Crippen LogP contribution in [0.4, 0.5) is 0 Å². The highest BCUT2D eigenvalue weighted by Gasteiger charge is 2.29. The number of rotatable bonds is 11. The first-order chi connectivity index (χ1) is 19.5. The van der Waals surface area contributed by atoms with Crippen molar-refractivity contribution in [3.05, 3.63) is 75.3 Å². The Hall–Kier alpha value is -3.72. The van der Waals surface area contributed by atoms with E-state index in [1.807, 2.05) is 37.3 Å². The van der Waals surface area contributed by atoms with Crippen LogP contribution in [0, 0.1) is 6.92 Å². The number of pyridine rings is 1. The summed E-state index contributed by atoms with van der Waals surface area (Å²) in [5.74, 6) is 2.30. The number of tetrazole rings is 1. The lowest BCUT2D eigenvalue weighted by Gasteiger charge is -2.32. The van der Waals surface area contributed by atoms with Crippen molar-refractivity contribution in [3.63, 3.8) is 0 Å². The number of nitrogens with one attached hydrogen (secondary N) is 1. The molecule has 212 valence electrons. The highest BCUT2D eigenvalue weighted by atomic mass is 16.5. The molecule has 1 saturated carbocycles. The summed E-state index contributed by atoms with van der Waals surface area (Å²) < 4.78 is 13.0. The van der Waals surface area contributed by atoms with Crippen LogP contribution in [0.3, 0.4) is 0 Å². The molecule has 0 spiro atoms. The second-order valence-electron chi connectivity index (χ2n) is 10.8. The van der Waals surface area contributed by atoms with E-state index in [9.17, 15) is 4.79 Å². The molecule has 1 aliphatic rings. The maximum Gasteiger partial charge on any atom is 0.252 e. The number of fused-ring (bicyclic) bond motifs is 1. The summed E-state index contributed by atoms with van der Waals surface area (Å²) in [6, 6.07) is 14.5. The van der Waals surface area contributed by atoms with Gasteiger partial charge in [0.25, 0.3) is 5.56 Å². The third kappa shape index (κ3) is 5.89. The first-order valence-corrected chi connectivity index (χ1v) is 14.4. The van der Waals surface area contributed by atoms with Gasteiger partial charge in [-0.05, 0) is 77.7 Å². The van der Waals surface area contributed by atoms with Crippen LogP contribution in [-0.4, -0.2) is 50.9 Å². The van der Waals surface area contributed by atoms with Crippen molar-refractivity contribution in [1.29, 1.82) is 0 Å². The Balaban J connectivity index is 1.49. The van der Waals surface area contributed by atoms with E-state index in [2.05, 4.69) is 49.1 Å². The minimum absolute atomic E-state index is 0.0373. The predicted octanol–water partition coefficient (Wildman–Crippen LogP) is 5.54. The minimum atomic E-state index is -0.0559. The van der Waals surface area contributed by atoms with Crippen molar-refractivity contribution in [2.24, 2.45) is 0 Å². The van der Waals surface area contributed by atoms with Gasteiger partial charge in [-0.1, -0.05) is 50.5 Å². The Kier molecular flexibility index (Phi) is 8.79. The molecule has 4 aromatic rings. The molecule has 5 rings (SSSR count). The summed E-state index contributed by atoms with van der Waals surface area (Å²) in [7, 11) is 3.30. The SMILES string of the molecule is CC[C@@H](c1nnnn1C1CCCCC1)N(CCc1ccc(OC)c(OC)c1)Cc1cc2cccc(C)c2[nH]c1=O. The molecular weight excluding hydrogens is 504 g/mol. The molecule has 0 radical (unpaired) electrons. The van der Waals surface area contributed by atoms with Gasteiger partial charge in [-0.3, -0.25) is 9.69 Å². The molecule has 2 aromatic carbocycles. The quantitative estimate of drug-likeness (QED) is 0.265. The molecule has 1 fully saturated rings. The summed E-state index contributed by atoms with van der Waals surface area (Å²) in [4.78, 5) is 18.8. The molecule has 0 aliphatic heterocycles. The number of aryl methyl sites for hydroxylation is 1. The number of methoxy groups -OCH3 is 2. The van der Waals surface area contributed by atoms with Gasteiger partial charge >= 0.3 is 0 Å². The number of hydrogen-bond acceptors (Lipinski definition) is 7. The van der Waals surface area contributed by atoms with E-state index >= 15 is 0 Å². The van der Waals surface area contributed by atoms with Gasteiger partial charge in [0.15, 0.2) is 17.3 Å². The number of para-hydroxylation sites is 1. The molecule has 9 heteroatoms. The van der Waals surface area contributed by atoms with Gasteiger partial charge in [0.2, 0.25) is 0 Å². The zero-order valence-corrected chi connectivity index (χ0v) is 24.0. The zero-order valence-electron chi connectivity index (χ0n) is 24.0. The number of benzene rings is 2. The van der Waals surface area contributed by atoms with Gasteiger partial charge in [0.1, 0.15) is 0 Å². The minimum Gasteiger partial charge on any atom is -0.493 e. The van der Waals surface area contributed by atoms with Crippen molar-refractivity contribution in [2.75, 3.05) is 20.8 Å². The van der Waals surface area contributed by atoms with Crippen LogP contribution >= 0.6 is 0 Å². The summed E-state index contributed by atoms with van der Waals surface area (Å²) >= 11 is 0. The van der Waals surface area contributed by atoms with Crippen molar-refractivity contribution in [1.82, 2.24) is 30.1 Å². The Morgan fingerprint density at radius 3 is 2.62 bits per heavy atom. The number of H-pyrrole nitrogens is 1. The Bertz CT molecular complexity index is 1490. The summed E-state index contributed by atoms with van der Waals surface area (Å²) in [5, 5.41) is 14.2. The van der Waals surface area contributed by atoms with Gasteiger partial charge in [-0.2, -0.15) is 0 Å². The van der Waals surface area contributed by atoms with E-state index in [-0.39, 0.29) is 11.6 Å². The normalized spacial score (nSPS) is 15.0. The standard InChI is InChI=1S/C31H40N6O3/c1-5-26(30-33-34-35-37(30)25-12-7-6-8-13-25)36(17-16-22-14-15-27(39-3)28(18-22)40-4)20-24-19-23-11-9-10-21(2)29(23)32-31(24)38/h9-11,14-15,18-19,25-26H,5-8,12-13,16-17,20H2,1-4H3,(H,32,38)/t26-/m0/s1. The van der Waals surface area contributed by atoms with E-state index in [1.54, 1.807) is 14.2 Å². The Morgan fingerprint density at radius 1 is 1.07 bits per heavy atom. The lowest BCUT2D eigenvalue weighted by molar-refractivity contribution is 0.165. The monoisotopic (exact) mass is 544 g/mol. The average Bonchev–Trinajstić information content (AvgIpc) is 3.47. The molecule has 1 aliphatic carbocycles. The molecule has 2 heterocycles. The van der Waals surface area contributed by atoms with Gasteiger partial charge in [0, 0.05) is 18.7 Å². The van der Waals surface area contributed by atoms with Crippen molar-refractivity contribution >= 4 is 10.9 Å². The number of aromatic nitrogens is 5. The van der Waals surface area contributed by atoms with E-state index in [0.29, 0.717) is 24.1 Å². The highest BCUT2D eigenvalue weighted by Crippen LogP contribution is 2.33. The lowest BCUT2D eigenvalue weighted by Crippen LogP contribution is -2.35. The smallest absolute Gasteiger partial charge is 0.252 e. The van der Waals surface area contributed by atoms with E-state index in [0.717, 1.165) is 65.6 Å². The fraction of sp³-hybridized carbons (Fsp3) is 0.484. The first-order valence-electron chi connectivity index (χ1n) is 14.4. The fourth-order valence-corrected chi connectivity index (χ4v) is 6.03. The zero-order chi connectivity index (χ0) is 28.1. The van der Waals surface area contributed by atoms with Gasteiger partial charge in [-0.25, -0.2) is 4.68 Å². The van der Waals surface area contributed by atoms with E-state index in [1.165, 1.54) is 19.3 Å². The maximum absolute atomic E-state index is 13.3. The van der Waals surface area contributed by atoms with Crippen LogP contribution < -0.4 is 15.0 Å². The third-order valence-electron chi connectivity index (χ3n) is 8.24. The second-order valence-corrected chi connectivity index (χ2v) is 10.8. The molecule has 0 unspecified atom stereocenters. The van der Waals surface area contributed by atoms with E-state index < -0.39 is 0 Å². The fourth-order valence-electron chi connectivity index (χ4n) is 6.03. The van der Waals surface area contributed by atoms with Crippen LogP contribution in [-0.2, 0) is 13.0 Å². The Morgan fingerprint density at radius 2 is 1.88 bits per heavy atom. The second kappa shape index (κ2) is 12.6. The summed E-state index contributed by atoms with van der Waals surface area (Å²) in [6.07, 6.45) is 7.47. The van der Waals surface area contributed by atoms with E-state index in [4.69, 9.17) is 9.47 Å². The highest BCUT2D eigenvalue weighted by molar-refractivity contribution is 5.81. The largest absolute Gasteiger partial charge is 0.493 e. The van der Waals surface area contributed by atoms with Gasteiger partial charge in [-0.15, -0.1) is 5.10 Å². The molecule has 9 nitrogen and oxygen atoms in total. The molecular formula is C31H40N6O3. The lowest BCUT2D eigenvalue weighted by atomic mass is 9.95. The number of nitrogens with zero attached hydrogens (tertiary/aromatic N) is 5. The van der Waals surface area contributed by atoms with Crippen LogP contribution in [0.25, 0.3) is 10.9 Å². The van der Waals surface area contributed by atoms with Gasteiger partial charge in [0.05, 0.1) is 31.8 Å². The first kappa shape index (κ1) is 27.8. The third-order valence-corrected chi connectivity index (χ3v) is 8.24. The number of aromatic amines is 1. The molecule has 0 amide bonds. The number of hydrogen-bond donors (Lipinski definition) is 1. The molecule has 40 heavy (non-hydrogen) atoms. The maximum atomic E-state index is 13.3. The van der Waals surface area contributed by atoms with Crippen molar-refractivity contribution < 1.29 is 9.47 Å². The summed E-state index contributed by atoms with van der Waals surface area (Å²) in [5.41, 5.74) is 3.76. The molecule has 2 aromatic heterocycles. The predicted molar refractivity (Wildman–Crippen MR) is 156 cm³/mol. The molecule has 1 N–H and O–H groups in total. The van der Waals surface area contributed by atoms with Crippen LogP contribution in [0.1, 0.15) is 80.0 Å². The van der Waals surface area contributed by atoms with Crippen molar-refractivity contribution in [3.8, 4) is 11.5 Å². The summed E-state index contributed by atoms with van der Waals surface area (Å²) in [6.45, 7) is 5.40. The molecule has 0 saturated heterocycles. The Labute approximate surface area is 235 Å².